The van der Waals surface area contributed by atoms with E-state index in [2.05, 4.69) is 19.1 Å². The van der Waals surface area contributed by atoms with Gasteiger partial charge in [-0.3, -0.25) is 0 Å². The molecule has 3 aliphatic carbocycles. The molecule has 0 spiro atoms. The van der Waals surface area contributed by atoms with Gasteiger partial charge in [-0.1, -0.05) is 12.2 Å². The summed E-state index contributed by atoms with van der Waals surface area (Å²) in [7, 11) is 0. The van der Waals surface area contributed by atoms with Crippen molar-refractivity contribution in [1.82, 2.24) is 0 Å². The van der Waals surface area contributed by atoms with E-state index in [-0.39, 0.29) is 5.92 Å². The van der Waals surface area contributed by atoms with E-state index in [0.717, 1.165) is 48.5 Å². The minimum atomic E-state index is -1.55. The fourth-order valence-corrected chi connectivity index (χ4v) is 7.63. The van der Waals surface area contributed by atoms with E-state index >= 15 is 0 Å². The van der Waals surface area contributed by atoms with Crippen molar-refractivity contribution < 1.29 is 13.5 Å². The van der Waals surface area contributed by atoms with Gasteiger partial charge in [-0.05, 0) is 138 Å². The summed E-state index contributed by atoms with van der Waals surface area (Å²) < 4.78 is 31.0. The molecule has 4 aliphatic rings. The molecule has 0 N–H and O–H groups in total. The third-order valence-electron chi connectivity index (χ3n) is 9.48. The van der Waals surface area contributed by atoms with Crippen molar-refractivity contribution in [3.05, 3.63) is 24.3 Å². The smallest absolute Gasteiger partial charge is 0.266 e. The van der Waals surface area contributed by atoms with Gasteiger partial charge in [0.2, 0.25) is 0 Å². The molecule has 2 atom stereocenters. The highest BCUT2D eigenvalue weighted by atomic mass is 19.3. The molecule has 0 aromatic rings. The molecule has 176 valence electrons. The molecule has 0 bridgehead atoms. The molecular weight excluding hydrogens is 390 g/mol. The highest BCUT2D eigenvalue weighted by Gasteiger charge is 2.36. The Kier molecular flexibility index (Phi) is 8.65. The zero-order chi connectivity index (χ0) is 21.6. The molecule has 3 saturated carbocycles. The Hall–Kier alpha value is -0.700. The van der Waals surface area contributed by atoms with Gasteiger partial charge < -0.3 is 4.74 Å². The highest BCUT2D eigenvalue weighted by Crippen LogP contribution is 2.47. The number of halogens is 2. The van der Waals surface area contributed by atoms with E-state index in [1.54, 1.807) is 0 Å². The molecule has 1 heterocycles. The number of hydrogen-bond donors (Lipinski definition) is 0. The first-order chi connectivity index (χ1) is 15.1. The summed E-state index contributed by atoms with van der Waals surface area (Å²) in [4.78, 5) is 0. The van der Waals surface area contributed by atoms with Gasteiger partial charge in [0.25, 0.3) is 6.08 Å². The van der Waals surface area contributed by atoms with Crippen molar-refractivity contribution in [3.8, 4) is 0 Å². The summed E-state index contributed by atoms with van der Waals surface area (Å²) >= 11 is 0. The summed E-state index contributed by atoms with van der Waals surface area (Å²) in [5.41, 5.74) is 0. The van der Waals surface area contributed by atoms with E-state index in [0.29, 0.717) is 18.6 Å². The summed E-state index contributed by atoms with van der Waals surface area (Å²) in [6.45, 7) is 2.65. The first-order valence-electron chi connectivity index (χ1n) is 13.4. The van der Waals surface area contributed by atoms with Gasteiger partial charge in [0, 0.05) is 5.92 Å². The minimum absolute atomic E-state index is 0.0778. The van der Waals surface area contributed by atoms with Crippen LogP contribution in [-0.4, -0.2) is 12.7 Å². The SMILES string of the molecule is CC=CC1CCC(C2CCC(C3CCC(C4CCC(C=C(F)F)CO4)CC3)CC2)CC1. The quantitative estimate of drug-likeness (QED) is 0.394. The zero-order valence-corrected chi connectivity index (χ0v) is 19.6. The van der Waals surface area contributed by atoms with Crippen LogP contribution in [0.15, 0.2) is 24.3 Å². The average molecular weight is 435 g/mol. The van der Waals surface area contributed by atoms with Crippen LogP contribution in [0.25, 0.3) is 0 Å². The third kappa shape index (κ3) is 6.42. The number of allylic oxidation sites excluding steroid dienone is 2. The van der Waals surface area contributed by atoms with Crippen LogP contribution < -0.4 is 0 Å². The van der Waals surface area contributed by atoms with Crippen molar-refractivity contribution in [3.63, 3.8) is 0 Å². The van der Waals surface area contributed by atoms with Crippen LogP contribution in [0.4, 0.5) is 8.78 Å². The molecule has 1 nitrogen and oxygen atoms in total. The fraction of sp³-hybridized carbons (Fsp3) is 0.857. The Balaban J connectivity index is 1.15. The lowest BCUT2D eigenvalue weighted by molar-refractivity contribution is -0.0527. The van der Waals surface area contributed by atoms with E-state index < -0.39 is 6.08 Å². The Morgan fingerprint density at radius 3 is 1.48 bits per heavy atom. The lowest BCUT2D eigenvalue weighted by Crippen LogP contribution is -2.35. The predicted molar refractivity (Wildman–Crippen MR) is 124 cm³/mol. The largest absolute Gasteiger partial charge is 0.377 e. The molecule has 1 aliphatic heterocycles. The Morgan fingerprint density at radius 2 is 1.06 bits per heavy atom. The molecule has 0 amide bonds. The normalized spacial score (nSPS) is 42.4. The number of hydrogen-bond acceptors (Lipinski definition) is 1. The van der Waals surface area contributed by atoms with Crippen LogP contribution in [0.2, 0.25) is 0 Å². The van der Waals surface area contributed by atoms with Gasteiger partial charge >= 0.3 is 0 Å². The maximum Gasteiger partial charge on any atom is 0.266 e. The van der Waals surface area contributed by atoms with Gasteiger partial charge in [0.05, 0.1) is 12.7 Å². The monoisotopic (exact) mass is 434 g/mol. The standard InChI is InChI=1S/C28H44F2O/c1-2-3-20-4-7-22(8-5-20)23-9-11-24(12-10-23)25-13-15-26(16-14-25)27-17-6-21(19-31-27)18-28(29)30/h2-3,18,20-27H,4-17,19H2,1H3. The van der Waals surface area contributed by atoms with Crippen LogP contribution in [0, 0.1) is 41.4 Å². The maximum atomic E-state index is 12.5. The Labute approximate surface area is 189 Å². The van der Waals surface area contributed by atoms with Crippen molar-refractivity contribution in [1.29, 1.82) is 0 Å². The lowest BCUT2D eigenvalue weighted by atomic mass is 9.64. The van der Waals surface area contributed by atoms with Crippen LogP contribution >= 0.6 is 0 Å². The molecule has 4 rings (SSSR count). The summed E-state index contributed by atoms with van der Waals surface area (Å²) in [6.07, 6.45) is 23.4. The lowest BCUT2D eigenvalue weighted by Gasteiger charge is -2.42. The molecule has 2 unspecified atom stereocenters. The van der Waals surface area contributed by atoms with Crippen LogP contribution in [0.1, 0.15) is 96.8 Å². The molecule has 1 saturated heterocycles. The molecule has 0 aromatic heterocycles. The number of ether oxygens (including phenoxy) is 1. The van der Waals surface area contributed by atoms with Gasteiger partial charge in [-0.2, -0.15) is 8.78 Å². The highest BCUT2D eigenvalue weighted by molar-refractivity contribution is 4.93. The summed E-state index contributed by atoms with van der Waals surface area (Å²) in [5, 5.41) is 0. The fourth-order valence-electron chi connectivity index (χ4n) is 7.63. The van der Waals surface area contributed by atoms with Crippen molar-refractivity contribution in [2.45, 2.75) is 103 Å². The van der Waals surface area contributed by atoms with Crippen LogP contribution in [0.5, 0.6) is 0 Å². The second kappa shape index (κ2) is 11.4. The van der Waals surface area contributed by atoms with Crippen molar-refractivity contribution in [2.75, 3.05) is 6.61 Å². The summed E-state index contributed by atoms with van der Waals surface area (Å²) in [5.74, 6) is 5.35. The molecule has 3 heteroatoms. The maximum absolute atomic E-state index is 12.5. The Bertz CT molecular complexity index is 578. The third-order valence-corrected chi connectivity index (χ3v) is 9.48. The Morgan fingerprint density at radius 1 is 0.613 bits per heavy atom. The zero-order valence-electron chi connectivity index (χ0n) is 19.6. The minimum Gasteiger partial charge on any atom is -0.377 e. The average Bonchev–Trinajstić information content (AvgIpc) is 2.80. The second-order valence-corrected chi connectivity index (χ2v) is 11.2. The molecule has 4 fully saturated rings. The van der Waals surface area contributed by atoms with Crippen LogP contribution in [-0.2, 0) is 4.74 Å². The predicted octanol–water partition coefficient (Wildman–Crippen LogP) is 8.56. The second-order valence-electron chi connectivity index (χ2n) is 11.2. The van der Waals surface area contributed by atoms with Gasteiger partial charge in [0.15, 0.2) is 0 Å². The van der Waals surface area contributed by atoms with E-state index in [1.807, 2.05) is 0 Å². The summed E-state index contributed by atoms with van der Waals surface area (Å²) in [6, 6.07) is 0. The van der Waals surface area contributed by atoms with Gasteiger partial charge in [-0.25, -0.2) is 0 Å². The molecule has 0 radical (unpaired) electrons. The van der Waals surface area contributed by atoms with Gasteiger partial charge in [0.1, 0.15) is 0 Å². The number of rotatable bonds is 5. The molecule has 31 heavy (non-hydrogen) atoms. The van der Waals surface area contributed by atoms with Crippen molar-refractivity contribution >= 4 is 0 Å². The van der Waals surface area contributed by atoms with E-state index in [9.17, 15) is 8.78 Å². The van der Waals surface area contributed by atoms with Crippen LogP contribution in [0.3, 0.4) is 0 Å². The van der Waals surface area contributed by atoms with E-state index in [1.165, 1.54) is 77.0 Å². The topological polar surface area (TPSA) is 9.23 Å². The van der Waals surface area contributed by atoms with Crippen molar-refractivity contribution in [2.24, 2.45) is 41.4 Å². The molecule has 0 aromatic carbocycles. The first-order valence-corrected chi connectivity index (χ1v) is 13.4. The molecular formula is C28H44F2O. The first kappa shape index (κ1) is 23.5. The van der Waals surface area contributed by atoms with E-state index in [4.69, 9.17) is 4.74 Å². The van der Waals surface area contributed by atoms with Gasteiger partial charge in [-0.15, -0.1) is 0 Å².